The molecule has 2 rings (SSSR count). The maximum Gasteiger partial charge on any atom is 0.137 e. The summed E-state index contributed by atoms with van der Waals surface area (Å²) in [5.74, 6) is 0. The molecule has 0 aliphatic heterocycles. The summed E-state index contributed by atoms with van der Waals surface area (Å²) in [6, 6.07) is 3.57. The van der Waals surface area contributed by atoms with Crippen LogP contribution < -0.4 is 0 Å². The molecule has 2 aromatic rings. The van der Waals surface area contributed by atoms with E-state index < -0.39 is 0 Å². The van der Waals surface area contributed by atoms with Gasteiger partial charge in [0, 0.05) is 17.3 Å². The average Bonchev–Trinajstić information content (AvgIpc) is 2.56. The molecule has 0 N–H and O–H groups in total. The van der Waals surface area contributed by atoms with Crippen LogP contribution in [-0.4, -0.2) is 9.38 Å². The highest BCUT2D eigenvalue weighted by molar-refractivity contribution is 6.30. The Balaban J connectivity index is 2.45. The number of imidazole rings is 1. The molecule has 0 unspecified atom stereocenters. The predicted octanol–water partition coefficient (Wildman–Crippen LogP) is 2.80. The van der Waals surface area contributed by atoms with E-state index in [1.54, 1.807) is 22.9 Å². The van der Waals surface area contributed by atoms with Crippen LogP contribution in [0.3, 0.4) is 0 Å². The van der Waals surface area contributed by atoms with Gasteiger partial charge in [0.2, 0.25) is 0 Å². The van der Waals surface area contributed by atoms with Gasteiger partial charge in [-0.1, -0.05) is 16.7 Å². The highest BCUT2D eigenvalue weighted by Gasteiger charge is 1.99. The van der Waals surface area contributed by atoms with Gasteiger partial charge in [-0.05, 0) is 17.7 Å². The molecule has 0 aromatic carbocycles. The zero-order valence-electron chi connectivity index (χ0n) is 7.13. The summed E-state index contributed by atoms with van der Waals surface area (Å²) in [4.78, 5) is 6.90. The van der Waals surface area contributed by atoms with Crippen molar-refractivity contribution in [2.45, 2.75) is 6.54 Å². The third-order valence-electron chi connectivity index (χ3n) is 1.76. The van der Waals surface area contributed by atoms with Crippen molar-refractivity contribution >= 4 is 17.2 Å². The quantitative estimate of drug-likeness (QED) is 0.424. The molecule has 0 saturated carbocycles. The molecule has 0 amide bonds. The topological polar surface area (TPSA) is 66.1 Å². The molecule has 14 heavy (non-hydrogen) atoms. The van der Waals surface area contributed by atoms with Gasteiger partial charge in [0.25, 0.3) is 0 Å². The van der Waals surface area contributed by atoms with Crippen LogP contribution >= 0.6 is 11.6 Å². The van der Waals surface area contributed by atoms with Gasteiger partial charge in [-0.2, -0.15) is 0 Å². The molecule has 0 aliphatic carbocycles. The summed E-state index contributed by atoms with van der Waals surface area (Å²) < 4.78 is 1.80. The summed E-state index contributed by atoms with van der Waals surface area (Å²) in [6.07, 6.45) is 3.54. The van der Waals surface area contributed by atoms with Gasteiger partial charge < -0.3 is 4.40 Å². The van der Waals surface area contributed by atoms with Crippen molar-refractivity contribution in [3.8, 4) is 0 Å². The van der Waals surface area contributed by atoms with Crippen molar-refractivity contribution in [1.82, 2.24) is 9.38 Å². The number of hydrogen-bond donors (Lipinski definition) is 0. The highest BCUT2D eigenvalue weighted by atomic mass is 35.5. The van der Waals surface area contributed by atoms with Crippen molar-refractivity contribution in [2.24, 2.45) is 5.11 Å². The highest BCUT2D eigenvalue weighted by Crippen LogP contribution is 2.12. The third-order valence-corrected chi connectivity index (χ3v) is 1.98. The van der Waals surface area contributed by atoms with Gasteiger partial charge in [0.05, 0.1) is 17.3 Å². The minimum absolute atomic E-state index is 0.260. The Morgan fingerprint density at radius 2 is 2.36 bits per heavy atom. The van der Waals surface area contributed by atoms with Gasteiger partial charge in [-0.15, -0.1) is 0 Å². The Bertz CT molecular complexity index is 511. The van der Waals surface area contributed by atoms with Crippen LogP contribution in [0.25, 0.3) is 16.1 Å². The van der Waals surface area contributed by atoms with E-state index in [4.69, 9.17) is 17.1 Å². The molecule has 70 valence electrons. The first kappa shape index (κ1) is 8.87. The smallest absolute Gasteiger partial charge is 0.137 e. The fourth-order valence-corrected chi connectivity index (χ4v) is 1.37. The van der Waals surface area contributed by atoms with E-state index in [9.17, 15) is 0 Å². The molecule has 0 spiro atoms. The number of fused-ring (bicyclic) bond motifs is 1. The molecule has 0 aliphatic rings. The van der Waals surface area contributed by atoms with Crippen LogP contribution in [0.15, 0.2) is 29.6 Å². The lowest BCUT2D eigenvalue weighted by Crippen LogP contribution is -1.79. The lowest BCUT2D eigenvalue weighted by molar-refractivity contribution is 0.998. The van der Waals surface area contributed by atoms with E-state index in [2.05, 4.69) is 15.0 Å². The second-order valence-corrected chi connectivity index (χ2v) is 3.17. The van der Waals surface area contributed by atoms with Crippen molar-refractivity contribution in [1.29, 1.82) is 0 Å². The van der Waals surface area contributed by atoms with Gasteiger partial charge in [-0.3, -0.25) is 0 Å². The molecule has 2 heterocycles. The van der Waals surface area contributed by atoms with Crippen LogP contribution in [0.2, 0.25) is 5.02 Å². The van der Waals surface area contributed by atoms with Crippen molar-refractivity contribution in [2.75, 3.05) is 0 Å². The molecular formula is C8H6ClN5. The number of azide groups is 1. The number of pyridine rings is 1. The normalized spacial score (nSPS) is 10.1. The Kier molecular flexibility index (Phi) is 2.26. The Hall–Kier alpha value is -1.71. The Labute approximate surface area is 84.6 Å². The summed E-state index contributed by atoms with van der Waals surface area (Å²) in [7, 11) is 0. The van der Waals surface area contributed by atoms with Gasteiger partial charge in [-0.25, -0.2) is 4.98 Å². The first-order chi connectivity index (χ1) is 6.79. The van der Waals surface area contributed by atoms with E-state index in [-0.39, 0.29) is 6.54 Å². The molecule has 0 bridgehead atoms. The number of aromatic nitrogens is 2. The first-order valence-electron chi connectivity index (χ1n) is 3.93. The van der Waals surface area contributed by atoms with Crippen LogP contribution in [0.1, 0.15) is 5.69 Å². The molecule has 0 saturated heterocycles. The molecule has 0 atom stereocenters. The van der Waals surface area contributed by atoms with E-state index >= 15 is 0 Å². The summed E-state index contributed by atoms with van der Waals surface area (Å²) >= 11 is 5.80. The van der Waals surface area contributed by atoms with Crippen molar-refractivity contribution < 1.29 is 0 Å². The monoisotopic (exact) mass is 207 g/mol. The fraction of sp³-hybridized carbons (Fsp3) is 0.125. The third kappa shape index (κ3) is 1.64. The second-order valence-electron chi connectivity index (χ2n) is 2.73. The van der Waals surface area contributed by atoms with Crippen molar-refractivity contribution in [3.63, 3.8) is 0 Å². The SMILES string of the molecule is [N-]=[N+]=NCc1cn2cc(Cl)ccc2n1. The summed E-state index contributed by atoms with van der Waals surface area (Å²) in [5.41, 5.74) is 9.67. The zero-order valence-corrected chi connectivity index (χ0v) is 7.89. The van der Waals surface area contributed by atoms with Crippen molar-refractivity contribution in [3.05, 3.63) is 45.7 Å². The molecule has 5 nitrogen and oxygen atoms in total. The zero-order chi connectivity index (χ0) is 9.97. The van der Waals surface area contributed by atoms with Gasteiger partial charge in [0.15, 0.2) is 0 Å². The number of rotatable bonds is 2. The maximum absolute atomic E-state index is 8.15. The standard InChI is InChI=1S/C8H6ClN5/c9-6-1-2-8-12-7(3-11-13-10)5-14(8)4-6/h1-2,4-5H,3H2. The summed E-state index contributed by atoms with van der Waals surface area (Å²) in [6.45, 7) is 0.260. The average molecular weight is 208 g/mol. The molecule has 6 heteroatoms. The molecule has 2 aromatic heterocycles. The Morgan fingerprint density at radius 1 is 1.50 bits per heavy atom. The first-order valence-corrected chi connectivity index (χ1v) is 4.31. The van der Waals surface area contributed by atoms with Crippen LogP contribution in [0.5, 0.6) is 0 Å². The van der Waals surface area contributed by atoms with E-state index in [0.717, 1.165) is 11.3 Å². The van der Waals surface area contributed by atoms with Crippen LogP contribution in [-0.2, 0) is 6.54 Å². The van der Waals surface area contributed by atoms with Gasteiger partial charge >= 0.3 is 0 Å². The maximum atomic E-state index is 8.15. The largest absolute Gasteiger partial charge is 0.305 e. The lowest BCUT2D eigenvalue weighted by atomic mass is 10.5. The van der Waals surface area contributed by atoms with E-state index in [1.165, 1.54) is 0 Å². The number of halogens is 1. The Morgan fingerprint density at radius 3 is 3.14 bits per heavy atom. The minimum atomic E-state index is 0.260. The lowest BCUT2D eigenvalue weighted by Gasteiger charge is -1.91. The second kappa shape index (κ2) is 3.57. The molecule has 0 radical (unpaired) electrons. The van der Waals surface area contributed by atoms with Gasteiger partial charge in [0.1, 0.15) is 5.65 Å². The van der Waals surface area contributed by atoms with Crippen LogP contribution in [0.4, 0.5) is 0 Å². The minimum Gasteiger partial charge on any atom is -0.305 e. The molecule has 0 fully saturated rings. The number of hydrogen-bond acceptors (Lipinski definition) is 2. The number of nitrogens with zero attached hydrogens (tertiary/aromatic N) is 5. The predicted molar refractivity (Wildman–Crippen MR) is 53.1 cm³/mol. The molecular weight excluding hydrogens is 202 g/mol. The van der Waals surface area contributed by atoms with E-state index in [0.29, 0.717) is 5.02 Å². The van der Waals surface area contributed by atoms with E-state index in [1.807, 2.05) is 6.07 Å². The summed E-state index contributed by atoms with van der Waals surface area (Å²) in [5, 5.41) is 4.08. The van der Waals surface area contributed by atoms with Crippen LogP contribution in [0, 0.1) is 0 Å². The fourth-order valence-electron chi connectivity index (χ4n) is 1.20.